The Labute approximate surface area is 133 Å². The Bertz CT molecular complexity index is 680. The third-order valence-electron chi connectivity index (χ3n) is 4.17. The zero-order valence-corrected chi connectivity index (χ0v) is 12.6. The Morgan fingerprint density at radius 2 is 1.65 bits per heavy atom. The third kappa shape index (κ3) is 3.67. The maximum Gasteiger partial charge on any atom is 0.227 e. The number of nitrogens with one attached hydrogen (secondary N) is 1. The number of para-hydroxylation sites is 1. The lowest BCUT2D eigenvalue weighted by Gasteiger charge is -2.33. The summed E-state index contributed by atoms with van der Waals surface area (Å²) in [7, 11) is 0. The first-order valence-corrected chi connectivity index (χ1v) is 7.69. The summed E-state index contributed by atoms with van der Waals surface area (Å²) in [5.41, 5.74) is 1.18. The Morgan fingerprint density at radius 3 is 2.30 bits per heavy atom. The molecule has 1 heterocycles. The topological polar surface area (TPSA) is 32.3 Å². The van der Waals surface area contributed by atoms with Gasteiger partial charge in [0.1, 0.15) is 11.6 Å². The number of benzene rings is 2. The van der Waals surface area contributed by atoms with Crippen LogP contribution in [0.2, 0.25) is 0 Å². The molecule has 0 aromatic heterocycles. The summed E-state index contributed by atoms with van der Waals surface area (Å²) in [4.78, 5) is 14.2. The summed E-state index contributed by atoms with van der Waals surface area (Å²) in [6.45, 7) is 1.28. The van der Waals surface area contributed by atoms with Gasteiger partial charge in [0.15, 0.2) is 0 Å². The van der Waals surface area contributed by atoms with E-state index in [4.69, 9.17) is 0 Å². The SMILES string of the molecule is O=C(Nc1ccc(F)cc1)C1CCN(c2ccccc2F)CC1. The average Bonchev–Trinajstić information content (AvgIpc) is 2.57. The lowest BCUT2D eigenvalue weighted by molar-refractivity contribution is -0.120. The molecule has 0 radical (unpaired) electrons. The minimum Gasteiger partial charge on any atom is -0.369 e. The fourth-order valence-corrected chi connectivity index (χ4v) is 2.87. The Hall–Kier alpha value is -2.43. The molecule has 1 saturated heterocycles. The first-order chi connectivity index (χ1) is 11.1. The first-order valence-electron chi connectivity index (χ1n) is 7.69. The van der Waals surface area contributed by atoms with Crippen LogP contribution in [0.25, 0.3) is 0 Å². The molecule has 23 heavy (non-hydrogen) atoms. The van der Waals surface area contributed by atoms with E-state index >= 15 is 0 Å². The second-order valence-electron chi connectivity index (χ2n) is 5.71. The number of hydrogen-bond acceptors (Lipinski definition) is 2. The summed E-state index contributed by atoms with van der Waals surface area (Å²) in [6, 6.07) is 12.4. The van der Waals surface area contributed by atoms with Gasteiger partial charge in [-0.2, -0.15) is 0 Å². The molecule has 0 saturated carbocycles. The second kappa shape index (κ2) is 6.77. The molecule has 1 aliphatic heterocycles. The second-order valence-corrected chi connectivity index (χ2v) is 5.71. The van der Waals surface area contributed by atoms with Gasteiger partial charge >= 0.3 is 0 Å². The van der Waals surface area contributed by atoms with Crippen molar-refractivity contribution in [1.29, 1.82) is 0 Å². The van der Waals surface area contributed by atoms with E-state index in [1.54, 1.807) is 24.3 Å². The van der Waals surface area contributed by atoms with Crippen LogP contribution in [-0.4, -0.2) is 19.0 Å². The third-order valence-corrected chi connectivity index (χ3v) is 4.17. The van der Waals surface area contributed by atoms with Gasteiger partial charge in [0.05, 0.1) is 5.69 Å². The van der Waals surface area contributed by atoms with Crippen LogP contribution in [0.15, 0.2) is 48.5 Å². The molecule has 0 atom stereocenters. The highest BCUT2D eigenvalue weighted by atomic mass is 19.1. The highest BCUT2D eigenvalue weighted by Crippen LogP contribution is 2.26. The predicted octanol–water partition coefficient (Wildman–Crippen LogP) is 3.82. The Morgan fingerprint density at radius 1 is 1.00 bits per heavy atom. The van der Waals surface area contributed by atoms with Crippen molar-refractivity contribution in [3.8, 4) is 0 Å². The van der Waals surface area contributed by atoms with Crippen LogP contribution in [0.5, 0.6) is 0 Å². The molecule has 0 bridgehead atoms. The maximum absolute atomic E-state index is 13.8. The molecular weight excluding hydrogens is 298 g/mol. The first kappa shape index (κ1) is 15.5. The van der Waals surface area contributed by atoms with Crippen molar-refractivity contribution in [2.45, 2.75) is 12.8 Å². The van der Waals surface area contributed by atoms with Crippen LogP contribution in [0.1, 0.15) is 12.8 Å². The molecule has 3 rings (SSSR count). The summed E-state index contributed by atoms with van der Waals surface area (Å²) in [5, 5.41) is 2.81. The normalized spacial score (nSPS) is 15.5. The molecule has 1 N–H and O–H groups in total. The number of piperidine rings is 1. The lowest BCUT2D eigenvalue weighted by Crippen LogP contribution is -2.38. The van der Waals surface area contributed by atoms with Crippen molar-refractivity contribution in [2.24, 2.45) is 5.92 Å². The van der Waals surface area contributed by atoms with E-state index in [1.807, 2.05) is 11.0 Å². The number of halogens is 2. The maximum atomic E-state index is 13.8. The number of nitrogens with zero attached hydrogens (tertiary/aromatic N) is 1. The monoisotopic (exact) mass is 316 g/mol. The van der Waals surface area contributed by atoms with Gasteiger partial charge in [0.2, 0.25) is 5.91 Å². The van der Waals surface area contributed by atoms with Gasteiger partial charge in [0.25, 0.3) is 0 Å². The summed E-state index contributed by atoms with van der Waals surface area (Å²) in [5.74, 6) is -0.740. The molecule has 0 spiro atoms. The molecule has 2 aromatic rings. The van der Waals surface area contributed by atoms with E-state index in [1.165, 1.54) is 18.2 Å². The van der Waals surface area contributed by atoms with E-state index in [0.29, 0.717) is 37.3 Å². The van der Waals surface area contributed by atoms with Gasteiger partial charge in [0, 0.05) is 24.7 Å². The predicted molar refractivity (Wildman–Crippen MR) is 86.4 cm³/mol. The van der Waals surface area contributed by atoms with E-state index in [-0.39, 0.29) is 23.5 Å². The van der Waals surface area contributed by atoms with Gasteiger partial charge < -0.3 is 10.2 Å². The van der Waals surface area contributed by atoms with Gasteiger partial charge in [-0.3, -0.25) is 4.79 Å². The van der Waals surface area contributed by atoms with Crippen LogP contribution in [0.4, 0.5) is 20.2 Å². The molecule has 1 aliphatic rings. The number of hydrogen-bond donors (Lipinski definition) is 1. The molecule has 0 aliphatic carbocycles. The summed E-state index contributed by atoms with van der Waals surface area (Å²) in [6.07, 6.45) is 1.34. The van der Waals surface area contributed by atoms with E-state index in [9.17, 15) is 13.6 Å². The van der Waals surface area contributed by atoms with Gasteiger partial charge in [-0.1, -0.05) is 12.1 Å². The Balaban J connectivity index is 1.57. The molecule has 0 unspecified atom stereocenters. The van der Waals surface area contributed by atoms with Crippen molar-refractivity contribution < 1.29 is 13.6 Å². The number of anilines is 2. The van der Waals surface area contributed by atoms with Crippen molar-refractivity contribution in [3.63, 3.8) is 0 Å². The van der Waals surface area contributed by atoms with Crippen LogP contribution >= 0.6 is 0 Å². The van der Waals surface area contributed by atoms with Crippen molar-refractivity contribution in [1.82, 2.24) is 0 Å². The quantitative estimate of drug-likeness (QED) is 0.933. The molecule has 1 amide bonds. The van der Waals surface area contributed by atoms with Crippen molar-refractivity contribution in [3.05, 3.63) is 60.2 Å². The highest BCUT2D eigenvalue weighted by Gasteiger charge is 2.26. The van der Waals surface area contributed by atoms with Crippen LogP contribution < -0.4 is 10.2 Å². The molecule has 2 aromatic carbocycles. The summed E-state index contributed by atoms with van der Waals surface area (Å²) < 4.78 is 26.7. The fourth-order valence-electron chi connectivity index (χ4n) is 2.87. The largest absolute Gasteiger partial charge is 0.369 e. The average molecular weight is 316 g/mol. The smallest absolute Gasteiger partial charge is 0.227 e. The van der Waals surface area contributed by atoms with E-state index < -0.39 is 0 Å². The fraction of sp³-hybridized carbons (Fsp3) is 0.278. The molecule has 1 fully saturated rings. The van der Waals surface area contributed by atoms with Crippen molar-refractivity contribution in [2.75, 3.05) is 23.3 Å². The Kier molecular flexibility index (Phi) is 4.55. The van der Waals surface area contributed by atoms with Gasteiger partial charge in [-0.05, 0) is 49.2 Å². The minimum absolute atomic E-state index is 0.0650. The van der Waals surface area contributed by atoms with Crippen LogP contribution in [-0.2, 0) is 4.79 Å². The molecule has 3 nitrogen and oxygen atoms in total. The number of amides is 1. The van der Waals surface area contributed by atoms with Gasteiger partial charge in [-0.15, -0.1) is 0 Å². The minimum atomic E-state index is -0.332. The number of rotatable bonds is 3. The van der Waals surface area contributed by atoms with Gasteiger partial charge in [-0.25, -0.2) is 8.78 Å². The summed E-state index contributed by atoms with van der Waals surface area (Å²) >= 11 is 0. The number of carbonyl (C=O) groups is 1. The highest BCUT2D eigenvalue weighted by molar-refractivity contribution is 5.92. The standard InChI is InChI=1S/C18H18F2N2O/c19-14-5-7-15(8-6-14)21-18(23)13-9-11-22(12-10-13)17-4-2-1-3-16(17)20/h1-8,13H,9-12H2,(H,21,23). The lowest BCUT2D eigenvalue weighted by atomic mass is 9.95. The van der Waals surface area contributed by atoms with E-state index in [2.05, 4.69) is 5.32 Å². The van der Waals surface area contributed by atoms with E-state index in [0.717, 1.165) is 0 Å². The van der Waals surface area contributed by atoms with Crippen LogP contribution in [0.3, 0.4) is 0 Å². The zero-order valence-electron chi connectivity index (χ0n) is 12.6. The number of carbonyl (C=O) groups excluding carboxylic acids is 1. The molecule has 120 valence electrons. The molecular formula is C18H18F2N2O. The molecule has 5 heteroatoms. The van der Waals surface area contributed by atoms with Crippen molar-refractivity contribution >= 4 is 17.3 Å². The van der Waals surface area contributed by atoms with Crippen LogP contribution in [0, 0.1) is 17.6 Å². The zero-order chi connectivity index (χ0) is 16.2.